The van der Waals surface area contributed by atoms with Gasteiger partial charge in [-0.05, 0) is 38.1 Å². The maximum Gasteiger partial charge on any atom is 0.238 e. The highest BCUT2D eigenvalue weighted by atomic mass is 35.5. The van der Waals surface area contributed by atoms with Crippen LogP contribution in [0.2, 0.25) is 0 Å². The summed E-state index contributed by atoms with van der Waals surface area (Å²) in [6, 6.07) is 6.03. The molecule has 0 fully saturated rings. The first kappa shape index (κ1) is 30.9. The number of unbranched alkanes of at least 4 members (excludes halogenated alkanes) is 4. The van der Waals surface area contributed by atoms with Crippen molar-refractivity contribution in [2.75, 3.05) is 31.3 Å². The number of carbonyl (C=O) groups is 1. The number of nitrogens with one attached hydrogen (secondary N) is 1. The van der Waals surface area contributed by atoms with Gasteiger partial charge in [0.05, 0.1) is 6.54 Å². The summed E-state index contributed by atoms with van der Waals surface area (Å²) in [4.78, 5) is 14.0. The molecule has 0 heterocycles. The number of halogens is 2. The number of anilines is 1. The van der Waals surface area contributed by atoms with Crippen LogP contribution in [-0.2, 0) is 4.79 Å². The molecule has 0 saturated carbocycles. The van der Waals surface area contributed by atoms with Crippen LogP contribution in [0.15, 0.2) is 18.2 Å². The maximum atomic E-state index is 11.9. The van der Waals surface area contributed by atoms with Crippen LogP contribution in [0.25, 0.3) is 0 Å². The first-order valence-corrected chi connectivity index (χ1v) is 10.7. The lowest BCUT2D eigenvalue weighted by atomic mass is 10.1. The molecule has 27 heavy (non-hydrogen) atoms. The molecule has 0 aliphatic rings. The van der Waals surface area contributed by atoms with E-state index >= 15 is 0 Å². The van der Waals surface area contributed by atoms with Gasteiger partial charge in [0.15, 0.2) is 0 Å². The zero-order valence-electron chi connectivity index (χ0n) is 18.5. The number of likely N-dealkylation sites (N-methyl/N-ethyl adjacent to an activating group) is 1. The highest BCUT2D eigenvalue weighted by Crippen LogP contribution is 2.19. The molecule has 1 aromatic rings. The van der Waals surface area contributed by atoms with E-state index in [1.807, 2.05) is 32.0 Å². The van der Waals surface area contributed by atoms with Crippen LogP contribution in [-0.4, -0.2) is 36.8 Å². The van der Waals surface area contributed by atoms with E-state index in [0.29, 0.717) is 6.54 Å². The Labute approximate surface area is 179 Å². The van der Waals surface area contributed by atoms with Crippen molar-refractivity contribution in [2.24, 2.45) is 0 Å². The second kappa shape index (κ2) is 21.5. The number of benzene rings is 1. The Balaban J connectivity index is -0.000000490. The van der Waals surface area contributed by atoms with Gasteiger partial charge in [-0.15, -0.1) is 24.0 Å². The molecule has 1 N–H and O–H groups in total. The van der Waals surface area contributed by atoms with Gasteiger partial charge < -0.3 is 5.32 Å². The first-order chi connectivity index (χ1) is 12.5. The monoisotopic (exact) mass is 420 g/mol. The Kier molecular flexibility index (Phi) is 24.7. The number of amides is 1. The first-order valence-electron chi connectivity index (χ1n) is 9.96. The fraction of sp³-hybridized carbons (Fsp3) is 0.682. The third-order valence-corrected chi connectivity index (χ3v) is 4.21. The van der Waals surface area contributed by atoms with E-state index in [4.69, 9.17) is 0 Å². The standard InChI is InChI=1S/C14H22N2O.C7H16.CH3Cl.ClH/c1-5-16(6-2)10-13(17)15-14-11(3)8-7-9-12(14)4;1-3-5-7-6-4-2;1-2;/h7-9H,5-6,10H2,1-4H3,(H,15,17);3-7H2,1-2H3;1H3;1H. The van der Waals surface area contributed by atoms with Gasteiger partial charge in [0, 0.05) is 12.1 Å². The molecule has 1 rings (SSSR count). The summed E-state index contributed by atoms with van der Waals surface area (Å²) in [6.07, 6.45) is 8.48. The third kappa shape index (κ3) is 15.9. The Hall–Kier alpha value is -0.770. The lowest BCUT2D eigenvalue weighted by Crippen LogP contribution is -2.33. The van der Waals surface area contributed by atoms with Gasteiger partial charge in [-0.25, -0.2) is 0 Å². The van der Waals surface area contributed by atoms with Crippen molar-refractivity contribution in [1.82, 2.24) is 4.90 Å². The predicted molar refractivity (Wildman–Crippen MR) is 126 cm³/mol. The largest absolute Gasteiger partial charge is 0.324 e. The Morgan fingerprint density at radius 3 is 1.74 bits per heavy atom. The smallest absolute Gasteiger partial charge is 0.238 e. The summed E-state index contributed by atoms with van der Waals surface area (Å²) < 4.78 is 0. The number of hydrogen-bond acceptors (Lipinski definition) is 2. The average molecular weight is 421 g/mol. The van der Waals surface area contributed by atoms with E-state index in [1.165, 1.54) is 38.5 Å². The minimum atomic E-state index is 0. The Morgan fingerprint density at radius 2 is 1.37 bits per heavy atom. The van der Waals surface area contributed by atoms with Crippen LogP contribution in [0.5, 0.6) is 0 Å². The number of para-hydroxylation sites is 1. The van der Waals surface area contributed by atoms with Crippen LogP contribution in [0, 0.1) is 13.8 Å². The second-order valence-electron chi connectivity index (χ2n) is 6.34. The number of hydrogen-bond donors (Lipinski definition) is 1. The van der Waals surface area contributed by atoms with Crippen molar-refractivity contribution < 1.29 is 4.79 Å². The van der Waals surface area contributed by atoms with E-state index in [1.54, 1.807) is 0 Å². The van der Waals surface area contributed by atoms with Crippen molar-refractivity contribution in [3.05, 3.63) is 29.3 Å². The fourth-order valence-corrected chi connectivity index (χ4v) is 2.52. The van der Waals surface area contributed by atoms with Gasteiger partial charge in [0.1, 0.15) is 0 Å². The topological polar surface area (TPSA) is 32.3 Å². The van der Waals surface area contributed by atoms with Crippen molar-refractivity contribution >= 4 is 35.6 Å². The van der Waals surface area contributed by atoms with Gasteiger partial charge >= 0.3 is 0 Å². The number of alkyl halides is 1. The Bertz CT molecular complexity index is 439. The lowest BCUT2D eigenvalue weighted by molar-refractivity contribution is -0.117. The molecule has 1 amide bonds. The quantitative estimate of drug-likeness (QED) is 0.350. The van der Waals surface area contributed by atoms with Gasteiger partial charge in [0.25, 0.3) is 0 Å². The number of carbonyl (C=O) groups excluding carboxylic acids is 1. The summed E-state index contributed by atoms with van der Waals surface area (Å²) in [5.74, 6) is 0.0612. The average Bonchev–Trinajstić information content (AvgIpc) is 2.65. The highest BCUT2D eigenvalue weighted by Gasteiger charge is 2.09. The van der Waals surface area contributed by atoms with Crippen LogP contribution in [0.4, 0.5) is 5.69 Å². The summed E-state index contributed by atoms with van der Waals surface area (Å²) in [7, 11) is 0. The van der Waals surface area contributed by atoms with Gasteiger partial charge in [-0.2, -0.15) is 0 Å². The molecule has 0 saturated heterocycles. The normalized spacial score (nSPS) is 9.37. The fourth-order valence-electron chi connectivity index (χ4n) is 2.52. The number of aryl methyl sites for hydroxylation is 2. The van der Waals surface area contributed by atoms with Crippen molar-refractivity contribution in [2.45, 2.75) is 73.6 Å². The number of nitrogens with zero attached hydrogens (tertiary/aromatic N) is 1. The van der Waals surface area contributed by atoms with E-state index < -0.39 is 0 Å². The van der Waals surface area contributed by atoms with Crippen molar-refractivity contribution in [1.29, 1.82) is 0 Å². The SMILES string of the molecule is CCCCCCC.CCN(CC)CC(=O)Nc1c(C)cccc1C.CCl.Cl. The maximum absolute atomic E-state index is 11.9. The summed E-state index contributed by atoms with van der Waals surface area (Å²) in [5, 5.41) is 3.00. The zero-order valence-corrected chi connectivity index (χ0v) is 20.1. The minimum Gasteiger partial charge on any atom is -0.324 e. The van der Waals surface area contributed by atoms with Crippen LogP contribution < -0.4 is 5.32 Å². The molecule has 0 bridgehead atoms. The van der Waals surface area contributed by atoms with Crippen molar-refractivity contribution in [3.8, 4) is 0 Å². The molecular formula is C22H42Cl2N2O. The molecule has 0 spiro atoms. The lowest BCUT2D eigenvalue weighted by Gasteiger charge is -2.18. The summed E-state index contributed by atoms with van der Waals surface area (Å²) in [6.45, 7) is 14.9. The van der Waals surface area contributed by atoms with Crippen LogP contribution in [0.3, 0.4) is 0 Å². The number of rotatable bonds is 9. The summed E-state index contributed by atoms with van der Waals surface area (Å²) >= 11 is 4.64. The molecule has 0 radical (unpaired) electrons. The molecule has 160 valence electrons. The molecule has 0 aliphatic heterocycles. The second-order valence-corrected chi connectivity index (χ2v) is 6.34. The van der Waals surface area contributed by atoms with Gasteiger partial charge in [-0.1, -0.05) is 78.0 Å². The van der Waals surface area contributed by atoms with Crippen LogP contribution in [0.1, 0.15) is 70.9 Å². The molecule has 0 aliphatic carbocycles. The van der Waals surface area contributed by atoms with E-state index in [0.717, 1.165) is 29.9 Å². The highest BCUT2D eigenvalue weighted by molar-refractivity contribution is 6.15. The van der Waals surface area contributed by atoms with E-state index in [-0.39, 0.29) is 18.3 Å². The molecule has 0 aromatic heterocycles. The van der Waals surface area contributed by atoms with Crippen LogP contribution >= 0.6 is 24.0 Å². The van der Waals surface area contributed by atoms with E-state index in [9.17, 15) is 4.79 Å². The third-order valence-electron chi connectivity index (χ3n) is 4.21. The molecule has 3 nitrogen and oxygen atoms in total. The predicted octanol–water partition coefficient (Wildman–Crippen LogP) is 6.84. The molecule has 1 aromatic carbocycles. The minimum absolute atomic E-state index is 0. The zero-order chi connectivity index (χ0) is 20.4. The molecule has 0 unspecified atom stereocenters. The summed E-state index contributed by atoms with van der Waals surface area (Å²) in [5.41, 5.74) is 3.17. The molecular weight excluding hydrogens is 379 g/mol. The Morgan fingerprint density at radius 1 is 0.926 bits per heavy atom. The van der Waals surface area contributed by atoms with Crippen molar-refractivity contribution in [3.63, 3.8) is 0 Å². The van der Waals surface area contributed by atoms with Gasteiger partial charge in [0.2, 0.25) is 5.91 Å². The molecule has 5 heteroatoms. The van der Waals surface area contributed by atoms with Gasteiger partial charge in [-0.3, -0.25) is 9.69 Å². The van der Waals surface area contributed by atoms with E-state index in [2.05, 4.69) is 49.5 Å². The molecule has 0 atom stereocenters.